The fourth-order valence-corrected chi connectivity index (χ4v) is 1.95. The zero-order valence-corrected chi connectivity index (χ0v) is 10.0. The summed E-state index contributed by atoms with van der Waals surface area (Å²) in [6.45, 7) is 2.74. The summed E-state index contributed by atoms with van der Waals surface area (Å²) in [6, 6.07) is 1.83. The van der Waals surface area contributed by atoms with E-state index in [0.717, 1.165) is 10.8 Å². The van der Waals surface area contributed by atoms with Crippen LogP contribution in [0.25, 0.3) is 0 Å². The molecule has 0 aromatic carbocycles. The molecule has 5 nitrogen and oxygen atoms in total. The number of anilines is 2. The molecule has 0 aliphatic rings. The van der Waals surface area contributed by atoms with Gasteiger partial charge in [-0.1, -0.05) is 0 Å². The van der Waals surface area contributed by atoms with Gasteiger partial charge in [0.25, 0.3) is 0 Å². The van der Waals surface area contributed by atoms with Crippen LogP contribution in [0.3, 0.4) is 0 Å². The van der Waals surface area contributed by atoms with Gasteiger partial charge in [0.1, 0.15) is 10.8 Å². The standard InChI is InChI=1S/C10H13N5S/c1-7-5-14-9(16-7)6-13-8-3-4-12-10(11-2)15-8/h3-5H,6H2,1-2H3,(H2,11,12,13,15). The Balaban J connectivity index is 1.99. The molecule has 2 rings (SSSR count). The van der Waals surface area contributed by atoms with E-state index in [4.69, 9.17) is 0 Å². The van der Waals surface area contributed by atoms with Gasteiger partial charge in [0.05, 0.1) is 6.54 Å². The average Bonchev–Trinajstić information content (AvgIpc) is 2.73. The van der Waals surface area contributed by atoms with Crippen molar-refractivity contribution in [2.75, 3.05) is 17.7 Å². The molecule has 2 aromatic rings. The highest BCUT2D eigenvalue weighted by Crippen LogP contribution is 2.13. The van der Waals surface area contributed by atoms with E-state index in [1.165, 1.54) is 4.88 Å². The first kappa shape index (κ1) is 10.8. The molecule has 0 saturated heterocycles. The molecule has 0 spiro atoms. The number of aryl methyl sites for hydroxylation is 1. The summed E-state index contributed by atoms with van der Waals surface area (Å²) in [5.74, 6) is 1.41. The van der Waals surface area contributed by atoms with Crippen LogP contribution in [-0.2, 0) is 6.54 Å². The van der Waals surface area contributed by atoms with Gasteiger partial charge in [-0.15, -0.1) is 11.3 Å². The quantitative estimate of drug-likeness (QED) is 0.847. The van der Waals surface area contributed by atoms with E-state index in [1.807, 2.05) is 19.2 Å². The average molecular weight is 235 g/mol. The van der Waals surface area contributed by atoms with Crippen LogP contribution in [0.5, 0.6) is 0 Å². The highest BCUT2D eigenvalue weighted by Gasteiger charge is 2.00. The third-order valence-corrected chi connectivity index (χ3v) is 2.88. The molecular formula is C10H13N5S. The third kappa shape index (κ3) is 2.66. The minimum absolute atomic E-state index is 0.611. The maximum atomic E-state index is 4.27. The lowest BCUT2D eigenvalue weighted by Gasteiger charge is -2.04. The lowest BCUT2D eigenvalue weighted by atomic mass is 10.5. The Labute approximate surface area is 98.0 Å². The van der Waals surface area contributed by atoms with Gasteiger partial charge in [-0.05, 0) is 13.0 Å². The van der Waals surface area contributed by atoms with E-state index in [-0.39, 0.29) is 0 Å². The molecule has 0 atom stereocenters. The summed E-state index contributed by atoms with van der Waals surface area (Å²) in [7, 11) is 1.79. The van der Waals surface area contributed by atoms with Crippen molar-refractivity contribution in [2.24, 2.45) is 0 Å². The van der Waals surface area contributed by atoms with Crippen molar-refractivity contribution in [1.82, 2.24) is 15.0 Å². The monoisotopic (exact) mass is 235 g/mol. The predicted molar refractivity (Wildman–Crippen MR) is 65.8 cm³/mol. The lowest BCUT2D eigenvalue weighted by Crippen LogP contribution is -2.03. The predicted octanol–water partition coefficient (Wildman–Crippen LogP) is 1.90. The van der Waals surface area contributed by atoms with Crippen LogP contribution in [0.1, 0.15) is 9.88 Å². The number of nitrogens with zero attached hydrogens (tertiary/aromatic N) is 3. The number of hydrogen-bond acceptors (Lipinski definition) is 6. The maximum absolute atomic E-state index is 4.27. The minimum atomic E-state index is 0.611. The molecule has 6 heteroatoms. The maximum Gasteiger partial charge on any atom is 0.224 e. The highest BCUT2D eigenvalue weighted by atomic mass is 32.1. The largest absolute Gasteiger partial charge is 0.363 e. The van der Waals surface area contributed by atoms with E-state index < -0.39 is 0 Å². The van der Waals surface area contributed by atoms with E-state index in [9.17, 15) is 0 Å². The van der Waals surface area contributed by atoms with Crippen LogP contribution >= 0.6 is 11.3 Å². The van der Waals surface area contributed by atoms with Gasteiger partial charge < -0.3 is 10.6 Å². The Morgan fingerprint density at radius 1 is 1.38 bits per heavy atom. The number of nitrogens with one attached hydrogen (secondary N) is 2. The van der Waals surface area contributed by atoms with Gasteiger partial charge in [-0.25, -0.2) is 9.97 Å². The van der Waals surface area contributed by atoms with Crippen LogP contribution in [0.2, 0.25) is 0 Å². The molecule has 2 N–H and O–H groups in total. The first-order chi connectivity index (χ1) is 7.78. The summed E-state index contributed by atoms with van der Waals surface area (Å²) in [6.07, 6.45) is 3.59. The minimum Gasteiger partial charge on any atom is -0.363 e. The normalized spacial score (nSPS) is 10.1. The van der Waals surface area contributed by atoms with Gasteiger partial charge in [0.15, 0.2) is 0 Å². The van der Waals surface area contributed by atoms with Gasteiger partial charge >= 0.3 is 0 Å². The van der Waals surface area contributed by atoms with Crippen LogP contribution in [0, 0.1) is 6.92 Å². The van der Waals surface area contributed by atoms with Crippen molar-refractivity contribution >= 4 is 23.1 Å². The summed E-state index contributed by atoms with van der Waals surface area (Å²) in [5, 5.41) is 7.16. The topological polar surface area (TPSA) is 62.7 Å². The molecule has 2 heterocycles. The number of rotatable bonds is 4. The van der Waals surface area contributed by atoms with Crippen LogP contribution < -0.4 is 10.6 Å². The molecule has 0 aliphatic heterocycles. The number of thiazole rings is 1. The highest BCUT2D eigenvalue weighted by molar-refractivity contribution is 7.11. The lowest BCUT2D eigenvalue weighted by molar-refractivity contribution is 1.06. The Kier molecular flexibility index (Phi) is 3.31. The van der Waals surface area contributed by atoms with E-state index in [1.54, 1.807) is 24.6 Å². The van der Waals surface area contributed by atoms with Gasteiger partial charge in [-0.2, -0.15) is 4.98 Å². The van der Waals surface area contributed by atoms with Gasteiger partial charge in [0.2, 0.25) is 5.95 Å². The van der Waals surface area contributed by atoms with E-state index in [2.05, 4.69) is 25.6 Å². The Hall–Kier alpha value is -1.69. The Morgan fingerprint density at radius 3 is 2.94 bits per heavy atom. The molecule has 2 aromatic heterocycles. The van der Waals surface area contributed by atoms with Gasteiger partial charge in [-0.3, -0.25) is 0 Å². The van der Waals surface area contributed by atoms with Crippen molar-refractivity contribution in [1.29, 1.82) is 0 Å². The number of aromatic nitrogens is 3. The fourth-order valence-electron chi connectivity index (χ4n) is 1.23. The molecule has 0 radical (unpaired) electrons. The molecular weight excluding hydrogens is 222 g/mol. The summed E-state index contributed by atoms with van der Waals surface area (Å²) in [5.41, 5.74) is 0. The van der Waals surface area contributed by atoms with Crippen molar-refractivity contribution in [3.05, 3.63) is 28.3 Å². The SMILES string of the molecule is CNc1nccc(NCc2ncc(C)s2)n1. The van der Waals surface area contributed by atoms with Crippen LogP contribution in [-0.4, -0.2) is 22.0 Å². The second kappa shape index (κ2) is 4.89. The fraction of sp³-hybridized carbons (Fsp3) is 0.300. The number of hydrogen-bond donors (Lipinski definition) is 2. The van der Waals surface area contributed by atoms with Crippen molar-refractivity contribution in [3.8, 4) is 0 Å². The van der Waals surface area contributed by atoms with E-state index in [0.29, 0.717) is 12.5 Å². The van der Waals surface area contributed by atoms with Crippen LogP contribution in [0.4, 0.5) is 11.8 Å². The first-order valence-corrected chi connectivity index (χ1v) is 5.75. The van der Waals surface area contributed by atoms with Gasteiger partial charge in [0, 0.05) is 24.3 Å². The third-order valence-electron chi connectivity index (χ3n) is 1.97. The smallest absolute Gasteiger partial charge is 0.224 e. The molecule has 0 saturated carbocycles. The Bertz CT molecular complexity index is 468. The summed E-state index contributed by atoms with van der Waals surface area (Å²) >= 11 is 1.68. The second-order valence-electron chi connectivity index (χ2n) is 3.23. The molecule has 0 unspecified atom stereocenters. The molecule has 0 bridgehead atoms. The molecule has 0 fully saturated rings. The summed E-state index contributed by atoms with van der Waals surface area (Å²) < 4.78 is 0. The molecule has 84 valence electrons. The zero-order valence-electron chi connectivity index (χ0n) is 9.19. The second-order valence-corrected chi connectivity index (χ2v) is 4.55. The first-order valence-electron chi connectivity index (χ1n) is 4.94. The van der Waals surface area contributed by atoms with E-state index >= 15 is 0 Å². The van der Waals surface area contributed by atoms with Crippen LogP contribution in [0.15, 0.2) is 18.5 Å². The van der Waals surface area contributed by atoms with Crippen molar-refractivity contribution in [3.63, 3.8) is 0 Å². The molecule has 16 heavy (non-hydrogen) atoms. The molecule has 0 amide bonds. The molecule has 0 aliphatic carbocycles. The van der Waals surface area contributed by atoms with Crippen molar-refractivity contribution < 1.29 is 0 Å². The van der Waals surface area contributed by atoms with Crippen molar-refractivity contribution in [2.45, 2.75) is 13.5 Å². The Morgan fingerprint density at radius 2 is 2.25 bits per heavy atom. The summed E-state index contributed by atoms with van der Waals surface area (Å²) in [4.78, 5) is 13.8. The zero-order chi connectivity index (χ0) is 11.4.